The molecule has 27 heavy (non-hydrogen) atoms. The van der Waals surface area contributed by atoms with E-state index in [9.17, 15) is 9.59 Å². The summed E-state index contributed by atoms with van der Waals surface area (Å²) in [4.78, 5) is 23.8. The van der Waals surface area contributed by atoms with Gasteiger partial charge in [-0.3, -0.25) is 0 Å². The summed E-state index contributed by atoms with van der Waals surface area (Å²) < 4.78 is 15.9. The van der Waals surface area contributed by atoms with E-state index in [1.54, 1.807) is 67.6 Å². The maximum atomic E-state index is 12.1. The molecule has 0 amide bonds. The fourth-order valence-electron chi connectivity index (χ4n) is 2.44. The fraction of sp³-hybridized carbons (Fsp3) is 0.143. The number of ether oxygens (including phenoxy) is 2. The maximum Gasteiger partial charge on any atom is 0.340 e. The van der Waals surface area contributed by atoms with Crippen molar-refractivity contribution in [1.82, 2.24) is 0 Å². The summed E-state index contributed by atoms with van der Waals surface area (Å²) in [6, 6.07) is 17.1. The minimum absolute atomic E-state index is 0.00896. The van der Waals surface area contributed by atoms with E-state index in [2.05, 4.69) is 0 Å². The van der Waals surface area contributed by atoms with Gasteiger partial charge in [0, 0.05) is 5.56 Å². The first-order valence-electron chi connectivity index (χ1n) is 8.36. The van der Waals surface area contributed by atoms with Gasteiger partial charge in [-0.25, -0.2) is 9.59 Å². The van der Waals surface area contributed by atoms with E-state index in [1.807, 2.05) is 0 Å². The summed E-state index contributed by atoms with van der Waals surface area (Å²) in [5.74, 6) is 0.224. The zero-order valence-electron chi connectivity index (χ0n) is 14.6. The Morgan fingerprint density at radius 2 is 1.67 bits per heavy atom. The summed E-state index contributed by atoms with van der Waals surface area (Å²) >= 11 is 5.98. The molecule has 0 aliphatic heterocycles. The molecule has 0 atom stereocenters. The van der Waals surface area contributed by atoms with E-state index < -0.39 is 5.97 Å². The van der Waals surface area contributed by atoms with Crippen LogP contribution in [0.4, 0.5) is 0 Å². The van der Waals surface area contributed by atoms with Crippen LogP contribution < -0.4 is 0 Å². The third-order valence-electron chi connectivity index (χ3n) is 3.78. The molecule has 6 heteroatoms. The number of carbonyl (C=O) groups excluding carboxylic acids is 2. The van der Waals surface area contributed by atoms with Crippen LogP contribution in [0.15, 0.2) is 65.1 Å². The van der Waals surface area contributed by atoms with Crippen LogP contribution in [0.25, 0.3) is 11.3 Å². The molecule has 1 aromatic heterocycles. The SMILES string of the molecule is CCOC(=O)c1ccc(-c2ccc(COC(=O)c3ccccc3Cl)o2)cc1. The van der Waals surface area contributed by atoms with Gasteiger partial charge in [-0.1, -0.05) is 35.9 Å². The second kappa shape index (κ2) is 8.56. The van der Waals surface area contributed by atoms with Crippen LogP contribution in [0, 0.1) is 0 Å². The molecule has 3 rings (SSSR count). The molecule has 0 saturated heterocycles. The molecule has 5 nitrogen and oxygen atoms in total. The van der Waals surface area contributed by atoms with E-state index in [0.717, 1.165) is 5.56 Å². The molecular weight excluding hydrogens is 368 g/mol. The van der Waals surface area contributed by atoms with Crippen LogP contribution >= 0.6 is 11.6 Å². The molecular formula is C21H17ClO5. The van der Waals surface area contributed by atoms with Gasteiger partial charge in [0.1, 0.15) is 18.1 Å². The van der Waals surface area contributed by atoms with Crippen molar-refractivity contribution >= 4 is 23.5 Å². The monoisotopic (exact) mass is 384 g/mol. The number of rotatable bonds is 6. The van der Waals surface area contributed by atoms with E-state index in [4.69, 9.17) is 25.5 Å². The lowest BCUT2D eigenvalue weighted by molar-refractivity contribution is 0.0445. The van der Waals surface area contributed by atoms with Gasteiger partial charge in [0.25, 0.3) is 0 Å². The molecule has 0 fully saturated rings. The average molecular weight is 385 g/mol. The molecule has 0 unspecified atom stereocenters. The predicted octanol–water partition coefficient (Wildman–Crippen LogP) is 5.13. The van der Waals surface area contributed by atoms with Crippen LogP contribution in [0.2, 0.25) is 5.02 Å². The zero-order valence-corrected chi connectivity index (χ0v) is 15.4. The van der Waals surface area contributed by atoms with Crippen molar-refractivity contribution in [2.45, 2.75) is 13.5 Å². The van der Waals surface area contributed by atoms with Crippen molar-refractivity contribution < 1.29 is 23.5 Å². The highest BCUT2D eigenvalue weighted by Crippen LogP contribution is 2.24. The molecule has 0 aliphatic carbocycles. The van der Waals surface area contributed by atoms with Gasteiger partial charge in [0.15, 0.2) is 0 Å². The predicted molar refractivity (Wildman–Crippen MR) is 101 cm³/mol. The van der Waals surface area contributed by atoms with Crippen LogP contribution in [-0.4, -0.2) is 18.5 Å². The standard InChI is InChI=1S/C21H17ClO5/c1-2-25-20(23)15-9-7-14(8-10-15)19-12-11-16(27-19)13-26-21(24)17-5-3-4-6-18(17)22/h3-12H,2,13H2,1H3. The highest BCUT2D eigenvalue weighted by Gasteiger charge is 2.13. The number of benzene rings is 2. The van der Waals surface area contributed by atoms with Gasteiger partial charge in [0.05, 0.1) is 22.8 Å². The molecule has 0 bridgehead atoms. The van der Waals surface area contributed by atoms with Crippen molar-refractivity contribution in [2.24, 2.45) is 0 Å². The van der Waals surface area contributed by atoms with Crippen LogP contribution in [-0.2, 0) is 16.1 Å². The van der Waals surface area contributed by atoms with Crippen molar-refractivity contribution in [1.29, 1.82) is 0 Å². The molecule has 3 aromatic rings. The van der Waals surface area contributed by atoms with E-state index in [0.29, 0.717) is 34.3 Å². The number of hydrogen-bond acceptors (Lipinski definition) is 5. The molecule has 138 valence electrons. The van der Waals surface area contributed by atoms with Gasteiger partial charge >= 0.3 is 11.9 Å². The minimum Gasteiger partial charge on any atom is -0.462 e. The lowest BCUT2D eigenvalue weighted by atomic mass is 10.1. The van der Waals surface area contributed by atoms with Crippen molar-refractivity contribution in [3.8, 4) is 11.3 Å². The highest BCUT2D eigenvalue weighted by molar-refractivity contribution is 6.33. The second-order valence-electron chi connectivity index (χ2n) is 5.62. The Morgan fingerprint density at radius 1 is 0.926 bits per heavy atom. The highest BCUT2D eigenvalue weighted by atomic mass is 35.5. The first-order chi connectivity index (χ1) is 13.1. The Morgan fingerprint density at radius 3 is 2.37 bits per heavy atom. The number of carbonyl (C=O) groups is 2. The number of halogens is 1. The number of hydrogen-bond donors (Lipinski definition) is 0. The van der Waals surface area contributed by atoms with Gasteiger partial charge in [-0.15, -0.1) is 0 Å². The van der Waals surface area contributed by atoms with Crippen molar-refractivity contribution in [3.05, 3.63) is 82.6 Å². The van der Waals surface area contributed by atoms with E-state index >= 15 is 0 Å². The minimum atomic E-state index is -0.516. The third-order valence-corrected chi connectivity index (χ3v) is 4.11. The first kappa shape index (κ1) is 18.7. The topological polar surface area (TPSA) is 65.7 Å². The Labute approximate surface area is 161 Å². The van der Waals surface area contributed by atoms with Crippen LogP contribution in [0.1, 0.15) is 33.4 Å². The van der Waals surface area contributed by atoms with E-state index in [-0.39, 0.29) is 12.6 Å². The summed E-state index contributed by atoms with van der Waals surface area (Å²) in [6.07, 6.45) is 0. The lowest BCUT2D eigenvalue weighted by Crippen LogP contribution is -2.05. The smallest absolute Gasteiger partial charge is 0.340 e. The zero-order chi connectivity index (χ0) is 19.2. The van der Waals surface area contributed by atoms with Gasteiger partial charge < -0.3 is 13.9 Å². The Kier molecular flexibility index (Phi) is 5.94. The Balaban J connectivity index is 1.64. The number of esters is 2. The number of furan rings is 1. The fourth-order valence-corrected chi connectivity index (χ4v) is 2.65. The maximum absolute atomic E-state index is 12.1. The normalized spacial score (nSPS) is 10.4. The van der Waals surface area contributed by atoms with Crippen molar-refractivity contribution in [3.63, 3.8) is 0 Å². The summed E-state index contributed by atoms with van der Waals surface area (Å²) in [5, 5.41) is 0.337. The Bertz CT molecular complexity index is 943. The molecule has 0 saturated carbocycles. The quantitative estimate of drug-likeness (QED) is 0.551. The molecule has 2 aromatic carbocycles. The Hall–Kier alpha value is -3.05. The molecule has 0 aliphatic rings. The summed E-state index contributed by atoms with van der Waals surface area (Å²) in [7, 11) is 0. The summed E-state index contributed by atoms with van der Waals surface area (Å²) in [6.45, 7) is 2.08. The largest absolute Gasteiger partial charge is 0.462 e. The van der Waals surface area contributed by atoms with Crippen molar-refractivity contribution in [2.75, 3.05) is 6.61 Å². The molecule has 0 spiro atoms. The molecule has 0 radical (unpaired) electrons. The van der Waals surface area contributed by atoms with Gasteiger partial charge in [-0.2, -0.15) is 0 Å². The lowest BCUT2D eigenvalue weighted by Gasteiger charge is -2.05. The van der Waals surface area contributed by atoms with Gasteiger partial charge in [0.2, 0.25) is 0 Å². The summed E-state index contributed by atoms with van der Waals surface area (Å²) in [5.41, 5.74) is 1.58. The first-order valence-corrected chi connectivity index (χ1v) is 8.74. The van der Waals surface area contributed by atoms with Crippen LogP contribution in [0.3, 0.4) is 0 Å². The molecule has 1 heterocycles. The second-order valence-corrected chi connectivity index (χ2v) is 6.03. The van der Waals surface area contributed by atoms with E-state index in [1.165, 1.54) is 0 Å². The third kappa shape index (κ3) is 4.57. The van der Waals surface area contributed by atoms with Gasteiger partial charge in [-0.05, 0) is 43.3 Å². The molecule has 0 N–H and O–H groups in total. The average Bonchev–Trinajstić information content (AvgIpc) is 3.16. The van der Waals surface area contributed by atoms with Crippen LogP contribution in [0.5, 0.6) is 0 Å².